The lowest BCUT2D eigenvalue weighted by Gasteiger charge is -2.07. The topological polar surface area (TPSA) is 21.3 Å². The molecule has 0 aliphatic carbocycles. The molecule has 1 N–H and O–H groups in total. The second-order valence-electron chi connectivity index (χ2n) is 4.81. The van der Waals surface area contributed by atoms with Crippen LogP contribution in [0.3, 0.4) is 0 Å². The summed E-state index contributed by atoms with van der Waals surface area (Å²) in [5, 5.41) is 3.38. The van der Waals surface area contributed by atoms with E-state index in [0.717, 1.165) is 25.1 Å². The van der Waals surface area contributed by atoms with Crippen LogP contribution in [-0.4, -0.2) is 13.7 Å². The Morgan fingerprint density at radius 3 is 2.55 bits per heavy atom. The number of rotatable bonds is 7. The summed E-state index contributed by atoms with van der Waals surface area (Å²) < 4.78 is 18.1. The Morgan fingerprint density at radius 2 is 1.75 bits per heavy atom. The second-order valence-corrected chi connectivity index (χ2v) is 4.81. The van der Waals surface area contributed by atoms with Crippen molar-refractivity contribution in [1.29, 1.82) is 0 Å². The predicted octanol–water partition coefficient (Wildman–Crippen LogP) is 3.30. The molecular weight excluding hydrogens is 253 g/mol. The highest BCUT2D eigenvalue weighted by Crippen LogP contribution is 2.07. The van der Waals surface area contributed by atoms with Crippen LogP contribution >= 0.6 is 0 Å². The highest BCUT2D eigenvalue weighted by molar-refractivity contribution is 5.23. The highest BCUT2D eigenvalue weighted by atomic mass is 19.1. The van der Waals surface area contributed by atoms with Gasteiger partial charge in [-0.1, -0.05) is 36.4 Å². The number of hydrogen-bond donors (Lipinski definition) is 1. The zero-order valence-electron chi connectivity index (χ0n) is 11.7. The molecule has 0 atom stereocenters. The average Bonchev–Trinajstić information content (AvgIpc) is 2.45. The van der Waals surface area contributed by atoms with Gasteiger partial charge in [-0.2, -0.15) is 0 Å². The minimum absolute atomic E-state index is 0.172. The van der Waals surface area contributed by atoms with E-state index < -0.39 is 0 Å². The Balaban J connectivity index is 1.77. The standard InChI is InChI=1S/C17H20FNO/c1-20-13-16-6-2-5-15(10-16)12-19-9-8-14-4-3-7-17(18)11-14/h2-7,10-11,19H,8-9,12-13H2,1H3. The molecule has 0 spiro atoms. The molecule has 0 aliphatic rings. The lowest BCUT2D eigenvalue weighted by atomic mass is 10.1. The maximum atomic E-state index is 13.0. The third kappa shape index (κ3) is 4.76. The van der Waals surface area contributed by atoms with Crippen molar-refractivity contribution in [3.05, 3.63) is 71.0 Å². The number of nitrogens with one attached hydrogen (secondary N) is 1. The van der Waals surface area contributed by atoms with Gasteiger partial charge in [0, 0.05) is 13.7 Å². The maximum absolute atomic E-state index is 13.0. The van der Waals surface area contributed by atoms with Gasteiger partial charge in [-0.25, -0.2) is 4.39 Å². The van der Waals surface area contributed by atoms with Gasteiger partial charge < -0.3 is 10.1 Å². The summed E-state index contributed by atoms with van der Waals surface area (Å²) in [6.45, 7) is 2.28. The van der Waals surface area contributed by atoms with Crippen LogP contribution in [0.15, 0.2) is 48.5 Å². The van der Waals surface area contributed by atoms with Gasteiger partial charge in [0.15, 0.2) is 0 Å². The van der Waals surface area contributed by atoms with Gasteiger partial charge in [0.1, 0.15) is 5.82 Å². The zero-order valence-corrected chi connectivity index (χ0v) is 11.7. The smallest absolute Gasteiger partial charge is 0.123 e. The number of methoxy groups -OCH3 is 1. The molecule has 20 heavy (non-hydrogen) atoms. The SMILES string of the molecule is COCc1cccc(CNCCc2cccc(F)c2)c1. The fraction of sp³-hybridized carbons (Fsp3) is 0.294. The summed E-state index contributed by atoms with van der Waals surface area (Å²) in [4.78, 5) is 0. The van der Waals surface area contributed by atoms with E-state index in [4.69, 9.17) is 4.74 Å². The zero-order chi connectivity index (χ0) is 14.2. The fourth-order valence-corrected chi connectivity index (χ4v) is 2.15. The number of benzene rings is 2. The second kappa shape index (κ2) is 7.78. The van der Waals surface area contributed by atoms with Crippen LogP contribution in [0.2, 0.25) is 0 Å². The van der Waals surface area contributed by atoms with E-state index in [-0.39, 0.29) is 5.82 Å². The Morgan fingerprint density at radius 1 is 1.00 bits per heavy atom. The van der Waals surface area contributed by atoms with Gasteiger partial charge in [-0.15, -0.1) is 0 Å². The van der Waals surface area contributed by atoms with E-state index >= 15 is 0 Å². The average molecular weight is 273 g/mol. The van der Waals surface area contributed by atoms with Crippen LogP contribution in [0.1, 0.15) is 16.7 Å². The van der Waals surface area contributed by atoms with Gasteiger partial charge >= 0.3 is 0 Å². The molecule has 0 aliphatic heterocycles. The molecule has 106 valence electrons. The molecule has 2 nitrogen and oxygen atoms in total. The molecule has 3 heteroatoms. The van der Waals surface area contributed by atoms with Crippen molar-refractivity contribution in [3.8, 4) is 0 Å². The molecule has 2 rings (SSSR count). The number of hydrogen-bond acceptors (Lipinski definition) is 2. The normalized spacial score (nSPS) is 10.7. The van der Waals surface area contributed by atoms with Gasteiger partial charge in [0.2, 0.25) is 0 Å². The number of ether oxygens (including phenoxy) is 1. The minimum Gasteiger partial charge on any atom is -0.380 e. The summed E-state index contributed by atoms with van der Waals surface area (Å²) in [6.07, 6.45) is 0.829. The van der Waals surface area contributed by atoms with Crippen LogP contribution in [0.4, 0.5) is 4.39 Å². The molecule has 0 saturated carbocycles. The van der Waals surface area contributed by atoms with E-state index in [9.17, 15) is 4.39 Å². The van der Waals surface area contributed by atoms with E-state index in [1.54, 1.807) is 19.2 Å². The molecule has 0 heterocycles. The van der Waals surface area contributed by atoms with Gasteiger partial charge in [0.05, 0.1) is 6.61 Å². The summed E-state index contributed by atoms with van der Waals surface area (Å²) in [5.41, 5.74) is 3.43. The Hall–Kier alpha value is -1.71. The van der Waals surface area contributed by atoms with E-state index in [2.05, 4.69) is 23.5 Å². The molecule has 2 aromatic carbocycles. The molecule has 2 aromatic rings. The summed E-state index contributed by atoms with van der Waals surface area (Å²) in [5.74, 6) is -0.172. The van der Waals surface area contributed by atoms with Gasteiger partial charge in [0.25, 0.3) is 0 Å². The first-order chi connectivity index (χ1) is 9.78. The lowest BCUT2D eigenvalue weighted by Crippen LogP contribution is -2.16. The van der Waals surface area contributed by atoms with Crippen LogP contribution in [-0.2, 0) is 24.3 Å². The first kappa shape index (κ1) is 14.7. The quantitative estimate of drug-likeness (QED) is 0.782. The molecule has 0 radical (unpaired) electrons. The first-order valence-electron chi connectivity index (χ1n) is 6.80. The molecule has 0 saturated heterocycles. The van der Waals surface area contributed by atoms with E-state index in [0.29, 0.717) is 6.61 Å². The van der Waals surface area contributed by atoms with Crippen LogP contribution in [0.5, 0.6) is 0 Å². The fourth-order valence-electron chi connectivity index (χ4n) is 2.15. The highest BCUT2D eigenvalue weighted by Gasteiger charge is 1.98. The Labute approximate surface area is 119 Å². The van der Waals surface area contributed by atoms with Crippen molar-refractivity contribution in [2.24, 2.45) is 0 Å². The van der Waals surface area contributed by atoms with Crippen molar-refractivity contribution < 1.29 is 9.13 Å². The molecule has 0 fully saturated rings. The Kier molecular flexibility index (Phi) is 5.71. The molecule has 0 aromatic heterocycles. The summed E-state index contributed by atoms with van der Waals surface area (Å²) in [6, 6.07) is 15.1. The predicted molar refractivity (Wildman–Crippen MR) is 79.0 cm³/mol. The summed E-state index contributed by atoms with van der Waals surface area (Å²) in [7, 11) is 1.70. The first-order valence-corrected chi connectivity index (χ1v) is 6.80. The minimum atomic E-state index is -0.172. The molecular formula is C17H20FNO. The van der Waals surface area contributed by atoms with Crippen molar-refractivity contribution >= 4 is 0 Å². The van der Waals surface area contributed by atoms with Crippen molar-refractivity contribution in [2.45, 2.75) is 19.6 Å². The van der Waals surface area contributed by atoms with Crippen molar-refractivity contribution in [1.82, 2.24) is 5.32 Å². The van der Waals surface area contributed by atoms with E-state index in [1.165, 1.54) is 17.2 Å². The Bertz CT molecular complexity index is 542. The van der Waals surface area contributed by atoms with Crippen LogP contribution in [0, 0.1) is 5.82 Å². The molecule has 0 amide bonds. The third-order valence-electron chi connectivity index (χ3n) is 3.11. The maximum Gasteiger partial charge on any atom is 0.123 e. The van der Waals surface area contributed by atoms with Crippen molar-refractivity contribution in [3.63, 3.8) is 0 Å². The van der Waals surface area contributed by atoms with E-state index in [1.807, 2.05) is 12.1 Å². The van der Waals surface area contributed by atoms with Crippen LogP contribution in [0.25, 0.3) is 0 Å². The largest absolute Gasteiger partial charge is 0.380 e. The van der Waals surface area contributed by atoms with Gasteiger partial charge in [-0.05, 0) is 41.8 Å². The third-order valence-corrected chi connectivity index (χ3v) is 3.11. The lowest BCUT2D eigenvalue weighted by molar-refractivity contribution is 0.185. The number of halogens is 1. The monoisotopic (exact) mass is 273 g/mol. The molecule has 0 unspecified atom stereocenters. The summed E-state index contributed by atoms with van der Waals surface area (Å²) >= 11 is 0. The van der Waals surface area contributed by atoms with Gasteiger partial charge in [-0.3, -0.25) is 0 Å². The van der Waals surface area contributed by atoms with Crippen molar-refractivity contribution in [2.75, 3.05) is 13.7 Å². The molecule has 0 bridgehead atoms. The van der Waals surface area contributed by atoms with Crippen LogP contribution < -0.4 is 5.32 Å².